The van der Waals surface area contributed by atoms with E-state index in [4.69, 9.17) is 5.84 Å². The molecule has 1 heterocycles. The van der Waals surface area contributed by atoms with E-state index >= 15 is 0 Å². The van der Waals surface area contributed by atoms with Crippen molar-refractivity contribution in [3.63, 3.8) is 0 Å². The molecule has 2 atom stereocenters. The number of hydrazine groups is 1. The summed E-state index contributed by atoms with van der Waals surface area (Å²) >= 11 is 0. The van der Waals surface area contributed by atoms with Crippen LogP contribution in [0.25, 0.3) is 0 Å². The summed E-state index contributed by atoms with van der Waals surface area (Å²) in [6, 6.07) is 8.48. The van der Waals surface area contributed by atoms with Gasteiger partial charge in [0.2, 0.25) is 0 Å². The fourth-order valence-corrected chi connectivity index (χ4v) is 5.15. The van der Waals surface area contributed by atoms with Crippen LogP contribution < -0.4 is 11.3 Å². The van der Waals surface area contributed by atoms with Crippen molar-refractivity contribution in [1.82, 2.24) is 5.43 Å². The number of nitrogens with two attached hydrogens (primary N) is 1. The Morgan fingerprint density at radius 3 is 2.30 bits per heavy atom. The highest BCUT2D eigenvalue weighted by Crippen LogP contribution is 2.37. The molecule has 2 aliphatic rings. The maximum Gasteiger partial charge on any atom is 0.150 e. The zero-order valence-electron chi connectivity index (χ0n) is 11.6. The first kappa shape index (κ1) is 14.0. The van der Waals surface area contributed by atoms with Crippen molar-refractivity contribution in [2.75, 3.05) is 11.5 Å². The molecule has 3 N–H and O–H groups in total. The molecule has 1 aliphatic carbocycles. The van der Waals surface area contributed by atoms with Crippen LogP contribution in [0.1, 0.15) is 48.8 Å². The number of nitrogens with one attached hydrogen (secondary N) is 1. The van der Waals surface area contributed by atoms with Crippen molar-refractivity contribution in [3.8, 4) is 0 Å². The average molecular weight is 294 g/mol. The third-order valence-corrected chi connectivity index (χ3v) is 6.58. The average Bonchev–Trinajstić information content (AvgIpc) is 2.70. The SMILES string of the molecule is NNC(c1ccc(C2CCC2)cc1)C1CCS(=O)(=O)C1. The van der Waals surface area contributed by atoms with Gasteiger partial charge in [-0.2, -0.15) is 0 Å². The lowest BCUT2D eigenvalue weighted by molar-refractivity contribution is 0.398. The van der Waals surface area contributed by atoms with Crippen LogP contribution in [0.2, 0.25) is 0 Å². The first-order valence-corrected chi connectivity index (χ1v) is 9.17. The number of sulfone groups is 1. The monoisotopic (exact) mass is 294 g/mol. The van der Waals surface area contributed by atoms with Gasteiger partial charge in [0.1, 0.15) is 0 Å². The highest BCUT2D eigenvalue weighted by molar-refractivity contribution is 7.91. The van der Waals surface area contributed by atoms with Gasteiger partial charge < -0.3 is 0 Å². The van der Waals surface area contributed by atoms with Gasteiger partial charge in [0.05, 0.1) is 11.5 Å². The second-order valence-electron chi connectivity index (χ2n) is 6.10. The number of rotatable bonds is 4. The topological polar surface area (TPSA) is 72.2 Å². The van der Waals surface area contributed by atoms with Crippen LogP contribution in [0.3, 0.4) is 0 Å². The highest BCUT2D eigenvalue weighted by atomic mass is 32.2. The van der Waals surface area contributed by atoms with Gasteiger partial charge in [-0.15, -0.1) is 0 Å². The van der Waals surface area contributed by atoms with E-state index in [2.05, 4.69) is 29.7 Å². The van der Waals surface area contributed by atoms with Crippen LogP contribution in [0.4, 0.5) is 0 Å². The molecule has 2 unspecified atom stereocenters. The lowest BCUT2D eigenvalue weighted by atomic mass is 9.79. The Balaban J connectivity index is 1.75. The second-order valence-corrected chi connectivity index (χ2v) is 8.33. The van der Waals surface area contributed by atoms with Crippen molar-refractivity contribution in [3.05, 3.63) is 35.4 Å². The van der Waals surface area contributed by atoms with E-state index in [0.717, 1.165) is 11.5 Å². The molecule has 0 aromatic heterocycles. The number of benzene rings is 1. The summed E-state index contributed by atoms with van der Waals surface area (Å²) in [7, 11) is -2.87. The molecule has 0 amide bonds. The summed E-state index contributed by atoms with van der Waals surface area (Å²) in [6.07, 6.45) is 4.61. The summed E-state index contributed by atoms with van der Waals surface area (Å²) in [6.45, 7) is 0. The van der Waals surface area contributed by atoms with Gasteiger partial charge in [0.25, 0.3) is 0 Å². The summed E-state index contributed by atoms with van der Waals surface area (Å²) in [5.41, 5.74) is 5.30. The molecule has 20 heavy (non-hydrogen) atoms. The van der Waals surface area contributed by atoms with E-state index in [9.17, 15) is 8.42 Å². The molecular weight excluding hydrogens is 272 g/mol. The van der Waals surface area contributed by atoms with Gasteiger partial charge in [0.15, 0.2) is 9.84 Å². The molecule has 0 spiro atoms. The predicted molar refractivity (Wildman–Crippen MR) is 79.9 cm³/mol. The molecule has 1 saturated carbocycles. The maximum atomic E-state index is 11.6. The Morgan fingerprint density at radius 1 is 1.15 bits per heavy atom. The molecule has 3 rings (SSSR count). The van der Waals surface area contributed by atoms with Gasteiger partial charge in [-0.25, -0.2) is 8.42 Å². The molecule has 1 aromatic carbocycles. The second kappa shape index (κ2) is 5.47. The molecule has 110 valence electrons. The normalized spacial score (nSPS) is 27.1. The largest absolute Gasteiger partial charge is 0.271 e. The van der Waals surface area contributed by atoms with Crippen molar-refractivity contribution in [2.45, 2.75) is 37.6 Å². The van der Waals surface area contributed by atoms with Crippen LogP contribution in [0, 0.1) is 5.92 Å². The first-order valence-electron chi connectivity index (χ1n) is 7.35. The third-order valence-electron chi connectivity index (χ3n) is 4.79. The van der Waals surface area contributed by atoms with Crippen LogP contribution in [-0.2, 0) is 9.84 Å². The Morgan fingerprint density at radius 2 is 1.85 bits per heavy atom. The van der Waals surface area contributed by atoms with E-state index in [0.29, 0.717) is 6.42 Å². The molecule has 2 fully saturated rings. The van der Waals surface area contributed by atoms with Crippen molar-refractivity contribution in [2.24, 2.45) is 11.8 Å². The molecule has 5 heteroatoms. The molecule has 0 radical (unpaired) electrons. The lowest BCUT2D eigenvalue weighted by Crippen LogP contribution is -2.34. The summed E-state index contributed by atoms with van der Waals surface area (Å²) in [4.78, 5) is 0. The Hall–Kier alpha value is -0.910. The van der Waals surface area contributed by atoms with Crippen LogP contribution in [0.15, 0.2) is 24.3 Å². The quantitative estimate of drug-likeness (QED) is 0.657. The van der Waals surface area contributed by atoms with Crippen molar-refractivity contribution < 1.29 is 8.42 Å². The molecule has 1 saturated heterocycles. The van der Waals surface area contributed by atoms with Crippen molar-refractivity contribution >= 4 is 9.84 Å². The van der Waals surface area contributed by atoms with E-state index in [1.165, 1.54) is 24.8 Å². The lowest BCUT2D eigenvalue weighted by Gasteiger charge is -2.27. The predicted octanol–water partition coefficient (Wildman–Crippen LogP) is 1.89. The Kier molecular flexibility index (Phi) is 3.84. The van der Waals surface area contributed by atoms with E-state index in [-0.39, 0.29) is 23.5 Å². The molecule has 4 nitrogen and oxygen atoms in total. The maximum absolute atomic E-state index is 11.6. The fraction of sp³-hybridized carbons (Fsp3) is 0.600. The van der Waals surface area contributed by atoms with Gasteiger partial charge in [0, 0.05) is 6.04 Å². The number of hydrogen-bond acceptors (Lipinski definition) is 4. The number of hydrogen-bond donors (Lipinski definition) is 2. The Bertz CT molecular complexity index is 564. The highest BCUT2D eigenvalue weighted by Gasteiger charge is 2.34. The standard InChI is InChI=1S/C15H22N2O2S/c16-17-15(14-8-9-20(18,19)10-14)13-6-4-12(5-7-13)11-2-1-3-11/h4-7,11,14-15,17H,1-3,8-10,16H2. The molecular formula is C15H22N2O2S. The van der Waals surface area contributed by atoms with Crippen LogP contribution >= 0.6 is 0 Å². The van der Waals surface area contributed by atoms with E-state index < -0.39 is 9.84 Å². The first-order chi connectivity index (χ1) is 9.59. The zero-order chi connectivity index (χ0) is 14.2. The third kappa shape index (κ3) is 2.75. The van der Waals surface area contributed by atoms with Gasteiger partial charge in [-0.1, -0.05) is 30.7 Å². The fourth-order valence-electron chi connectivity index (χ4n) is 3.31. The van der Waals surface area contributed by atoms with E-state index in [1.807, 2.05) is 0 Å². The Labute approximate surface area is 120 Å². The van der Waals surface area contributed by atoms with Crippen LogP contribution in [0.5, 0.6) is 0 Å². The van der Waals surface area contributed by atoms with Crippen molar-refractivity contribution in [1.29, 1.82) is 0 Å². The molecule has 1 aliphatic heterocycles. The molecule has 0 bridgehead atoms. The zero-order valence-corrected chi connectivity index (χ0v) is 12.4. The summed E-state index contributed by atoms with van der Waals surface area (Å²) < 4.78 is 23.2. The minimum absolute atomic E-state index is 0.0669. The van der Waals surface area contributed by atoms with Crippen LogP contribution in [-0.4, -0.2) is 19.9 Å². The smallest absolute Gasteiger partial charge is 0.150 e. The molecule has 1 aromatic rings. The summed E-state index contributed by atoms with van der Waals surface area (Å²) in [5, 5.41) is 0. The minimum atomic E-state index is -2.87. The van der Waals surface area contributed by atoms with Gasteiger partial charge in [-0.05, 0) is 42.2 Å². The van der Waals surface area contributed by atoms with Gasteiger partial charge in [-0.3, -0.25) is 11.3 Å². The summed E-state index contributed by atoms with van der Waals surface area (Å²) in [5.74, 6) is 7.00. The minimum Gasteiger partial charge on any atom is -0.271 e. The van der Waals surface area contributed by atoms with Gasteiger partial charge >= 0.3 is 0 Å². The van der Waals surface area contributed by atoms with E-state index in [1.54, 1.807) is 0 Å².